The van der Waals surface area contributed by atoms with E-state index >= 15 is 0 Å². The van der Waals surface area contributed by atoms with E-state index in [0.29, 0.717) is 0 Å². The molecule has 1 aliphatic heterocycles. The van der Waals surface area contributed by atoms with Gasteiger partial charge < -0.3 is 9.64 Å². The number of nitrogens with zero attached hydrogens (tertiary/aromatic N) is 1. The third kappa shape index (κ3) is 3.74. The molecule has 4 nitrogen and oxygen atoms in total. The lowest BCUT2D eigenvalue weighted by atomic mass is 10.1. The van der Waals surface area contributed by atoms with Crippen LogP contribution in [0.1, 0.15) is 4.88 Å². The number of hydrogen-bond donors (Lipinski definition) is 2. The van der Waals surface area contributed by atoms with E-state index in [9.17, 15) is 0 Å². The molecule has 0 radical (unpaired) electrons. The van der Waals surface area contributed by atoms with Crippen molar-refractivity contribution in [1.29, 1.82) is 0 Å². The predicted octanol–water partition coefficient (Wildman–Crippen LogP) is 1.22. The first-order valence-corrected chi connectivity index (χ1v) is 7.30. The van der Waals surface area contributed by atoms with Gasteiger partial charge in [-0.2, -0.15) is 0 Å². The molecule has 0 aliphatic carbocycles. The first kappa shape index (κ1) is 13.5. The number of nitrogens with two attached hydrogens (primary N) is 1. The molecule has 1 saturated heterocycles. The summed E-state index contributed by atoms with van der Waals surface area (Å²) < 4.78 is 6.95. The van der Waals surface area contributed by atoms with Crippen LogP contribution in [0.3, 0.4) is 0 Å². The molecule has 3 N–H and O–H groups in total. The first-order valence-electron chi connectivity index (χ1n) is 5.69. The van der Waals surface area contributed by atoms with E-state index in [4.69, 9.17) is 10.6 Å². The van der Waals surface area contributed by atoms with Crippen molar-refractivity contribution in [2.24, 2.45) is 5.84 Å². The highest BCUT2D eigenvalue weighted by atomic mass is 79.9. The van der Waals surface area contributed by atoms with Gasteiger partial charge in [0.15, 0.2) is 0 Å². The second-order valence-electron chi connectivity index (χ2n) is 4.35. The molecule has 2 rings (SSSR count). The summed E-state index contributed by atoms with van der Waals surface area (Å²) in [6.45, 7) is 2.72. The molecule has 0 aromatic carbocycles. The lowest BCUT2D eigenvalue weighted by Gasteiger charge is -2.34. The predicted molar refractivity (Wildman–Crippen MR) is 74.1 cm³/mol. The Morgan fingerprint density at radius 1 is 1.71 bits per heavy atom. The molecule has 6 heteroatoms. The lowest BCUT2D eigenvalue weighted by molar-refractivity contribution is -0.0383. The molecule has 0 saturated carbocycles. The van der Waals surface area contributed by atoms with Gasteiger partial charge in [-0.25, -0.2) is 0 Å². The zero-order valence-electron chi connectivity index (χ0n) is 9.86. The van der Waals surface area contributed by atoms with Crippen LogP contribution in [-0.2, 0) is 11.2 Å². The number of likely N-dealkylation sites (N-methyl/N-ethyl adjacent to an activating group) is 1. The van der Waals surface area contributed by atoms with Crippen molar-refractivity contribution >= 4 is 27.3 Å². The zero-order chi connectivity index (χ0) is 12.3. The van der Waals surface area contributed by atoms with Crippen LogP contribution in [0.5, 0.6) is 0 Å². The molecule has 0 bridgehead atoms. The number of nitrogens with one attached hydrogen (secondary N) is 1. The average molecular weight is 320 g/mol. The largest absolute Gasteiger partial charge is 0.374 e. The molecule has 1 aromatic rings. The highest BCUT2D eigenvalue weighted by molar-refractivity contribution is 9.11. The molecule has 2 unspecified atom stereocenters. The summed E-state index contributed by atoms with van der Waals surface area (Å²) in [4.78, 5) is 3.60. The first-order chi connectivity index (χ1) is 8.19. The van der Waals surface area contributed by atoms with Gasteiger partial charge in [0.05, 0.1) is 22.5 Å². The van der Waals surface area contributed by atoms with Crippen LogP contribution < -0.4 is 11.3 Å². The molecular weight excluding hydrogens is 302 g/mol. The fourth-order valence-corrected chi connectivity index (χ4v) is 3.57. The summed E-state index contributed by atoms with van der Waals surface area (Å²) in [5.41, 5.74) is 2.89. The summed E-state index contributed by atoms with van der Waals surface area (Å²) in [5.74, 6) is 5.65. The van der Waals surface area contributed by atoms with Crippen LogP contribution >= 0.6 is 27.3 Å². The van der Waals surface area contributed by atoms with Gasteiger partial charge in [-0.1, -0.05) is 0 Å². The fourth-order valence-electron chi connectivity index (χ4n) is 2.03. The Morgan fingerprint density at radius 2 is 2.53 bits per heavy atom. The van der Waals surface area contributed by atoms with E-state index in [1.54, 1.807) is 11.3 Å². The maximum absolute atomic E-state index is 5.79. The van der Waals surface area contributed by atoms with Crippen molar-refractivity contribution in [3.8, 4) is 0 Å². The summed E-state index contributed by atoms with van der Waals surface area (Å²) >= 11 is 5.23. The maximum atomic E-state index is 5.79. The average Bonchev–Trinajstić information content (AvgIpc) is 2.72. The lowest BCUT2D eigenvalue weighted by Crippen LogP contribution is -2.53. The summed E-state index contributed by atoms with van der Waals surface area (Å²) in [6, 6.07) is 4.37. The number of ether oxygens (including phenoxy) is 1. The van der Waals surface area contributed by atoms with E-state index in [-0.39, 0.29) is 12.1 Å². The minimum absolute atomic E-state index is 0.166. The molecule has 0 amide bonds. The summed E-state index contributed by atoms with van der Waals surface area (Å²) in [5, 5.41) is 0. The Hall–Kier alpha value is 0.0200. The molecule has 1 fully saturated rings. The smallest absolute Gasteiger partial charge is 0.0872 e. The van der Waals surface area contributed by atoms with Gasteiger partial charge >= 0.3 is 0 Å². The quantitative estimate of drug-likeness (QED) is 0.647. The fraction of sp³-hybridized carbons (Fsp3) is 0.636. The molecule has 96 valence electrons. The molecule has 17 heavy (non-hydrogen) atoms. The van der Waals surface area contributed by atoms with Crippen molar-refractivity contribution in [2.75, 3.05) is 26.7 Å². The third-order valence-corrected chi connectivity index (χ3v) is 4.66. The van der Waals surface area contributed by atoms with Gasteiger partial charge in [0.2, 0.25) is 0 Å². The third-order valence-electron chi connectivity index (χ3n) is 3.01. The number of hydrogen-bond acceptors (Lipinski definition) is 5. The molecule has 2 atom stereocenters. The van der Waals surface area contributed by atoms with Crippen LogP contribution in [0, 0.1) is 0 Å². The summed E-state index contributed by atoms with van der Waals surface area (Å²) in [7, 11) is 2.12. The highest BCUT2D eigenvalue weighted by Gasteiger charge is 2.26. The van der Waals surface area contributed by atoms with Crippen molar-refractivity contribution in [1.82, 2.24) is 10.3 Å². The molecule has 0 spiro atoms. The van der Waals surface area contributed by atoms with E-state index in [2.05, 4.69) is 45.4 Å². The Bertz CT molecular complexity index is 360. The van der Waals surface area contributed by atoms with Gasteiger partial charge in [-0.05, 0) is 35.1 Å². The van der Waals surface area contributed by atoms with Crippen molar-refractivity contribution < 1.29 is 4.74 Å². The number of hydrazine groups is 1. The van der Waals surface area contributed by atoms with E-state index in [1.807, 2.05) is 0 Å². The SMILES string of the molecule is CN1CCOC(C(Cc2ccc(Br)s2)NN)C1. The standard InChI is InChI=1S/C11H18BrN3OS/c1-15-4-5-16-10(7-15)9(14-13)6-8-2-3-11(12)17-8/h2-3,9-10,14H,4-7,13H2,1H3. The maximum Gasteiger partial charge on any atom is 0.0872 e. The number of morpholine rings is 1. The highest BCUT2D eigenvalue weighted by Crippen LogP contribution is 2.24. The zero-order valence-corrected chi connectivity index (χ0v) is 12.3. The van der Waals surface area contributed by atoms with E-state index in [1.165, 1.54) is 4.88 Å². The van der Waals surface area contributed by atoms with Crippen molar-refractivity contribution in [3.63, 3.8) is 0 Å². The van der Waals surface area contributed by atoms with Gasteiger partial charge in [-0.3, -0.25) is 11.3 Å². The van der Waals surface area contributed by atoms with Crippen LogP contribution in [-0.4, -0.2) is 43.8 Å². The number of thiophene rings is 1. The Labute approximate surface area is 114 Å². The van der Waals surface area contributed by atoms with E-state index in [0.717, 1.165) is 29.9 Å². The molecular formula is C11H18BrN3OS. The second-order valence-corrected chi connectivity index (χ2v) is 6.90. The normalized spacial score (nSPS) is 23.8. The van der Waals surface area contributed by atoms with Crippen LogP contribution in [0.2, 0.25) is 0 Å². The van der Waals surface area contributed by atoms with Gasteiger partial charge in [0.25, 0.3) is 0 Å². The van der Waals surface area contributed by atoms with Crippen LogP contribution in [0.4, 0.5) is 0 Å². The van der Waals surface area contributed by atoms with Gasteiger partial charge in [-0.15, -0.1) is 11.3 Å². The van der Waals surface area contributed by atoms with Gasteiger partial charge in [0, 0.05) is 24.4 Å². The Balaban J connectivity index is 1.95. The second kappa shape index (κ2) is 6.26. The molecule has 1 aliphatic rings. The van der Waals surface area contributed by atoms with Gasteiger partial charge in [0.1, 0.15) is 0 Å². The number of halogens is 1. The monoisotopic (exact) mass is 319 g/mol. The van der Waals surface area contributed by atoms with Crippen molar-refractivity contribution in [2.45, 2.75) is 18.6 Å². The minimum atomic E-state index is 0.166. The molecule has 2 heterocycles. The number of rotatable bonds is 4. The Kier molecular flexibility index (Phi) is 4.96. The van der Waals surface area contributed by atoms with Crippen LogP contribution in [0.15, 0.2) is 15.9 Å². The van der Waals surface area contributed by atoms with Crippen LogP contribution in [0.25, 0.3) is 0 Å². The van der Waals surface area contributed by atoms with E-state index < -0.39 is 0 Å². The minimum Gasteiger partial charge on any atom is -0.374 e. The Morgan fingerprint density at radius 3 is 3.12 bits per heavy atom. The molecule has 1 aromatic heterocycles. The topological polar surface area (TPSA) is 50.5 Å². The summed E-state index contributed by atoms with van der Waals surface area (Å²) in [6.07, 6.45) is 1.07. The van der Waals surface area contributed by atoms with Crippen molar-refractivity contribution in [3.05, 3.63) is 20.8 Å².